The maximum absolute atomic E-state index is 10.6. The van der Waals surface area contributed by atoms with Crippen molar-refractivity contribution in [3.8, 4) is 0 Å². The van der Waals surface area contributed by atoms with Crippen LogP contribution in [0, 0.1) is 6.92 Å². The van der Waals surface area contributed by atoms with E-state index in [1.165, 1.54) is 6.07 Å². The van der Waals surface area contributed by atoms with Gasteiger partial charge < -0.3 is 15.9 Å². The van der Waals surface area contributed by atoms with E-state index in [1.807, 2.05) is 0 Å². The van der Waals surface area contributed by atoms with Gasteiger partial charge >= 0.3 is 0 Å². The molecule has 0 aliphatic heterocycles. The number of primary amides is 1. The molecule has 0 heterocycles. The van der Waals surface area contributed by atoms with Gasteiger partial charge in [-0.1, -0.05) is 12.1 Å². The maximum atomic E-state index is 10.6. The van der Waals surface area contributed by atoms with Crippen molar-refractivity contribution in [1.29, 1.82) is 0 Å². The van der Waals surface area contributed by atoms with Crippen molar-refractivity contribution < 1.29 is 19.8 Å². The molecule has 1 amide bonds. The van der Waals surface area contributed by atoms with E-state index >= 15 is 0 Å². The van der Waals surface area contributed by atoms with Gasteiger partial charge in [-0.25, -0.2) is 0 Å². The van der Waals surface area contributed by atoms with Gasteiger partial charge in [0.05, 0.1) is 12.5 Å². The molecule has 1 aromatic rings. The summed E-state index contributed by atoms with van der Waals surface area (Å²) in [5.74, 6) is -0.694. The number of aliphatic hydroxyl groups excluding tert-OH is 2. The number of nitrogens with two attached hydrogens (primary N) is 1. The zero-order chi connectivity index (χ0) is 13.0. The summed E-state index contributed by atoms with van der Waals surface area (Å²) in [4.78, 5) is 21.3. The largest absolute Gasteiger partial charge is 0.390 e. The van der Waals surface area contributed by atoms with Gasteiger partial charge in [0.1, 0.15) is 12.4 Å². The van der Waals surface area contributed by atoms with Crippen molar-refractivity contribution in [2.45, 2.75) is 25.6 Å². The summed E-state index contributed by atoms with van der Waals surface area (Å²) in [6.07, 6.45) is -2.18. The number of hydrogen-bond donors (Lipinski definition) is 3. The topological polar surface area (TPSA) is 101 Å². The molecule has 17 heavy (non-hydrogen) atoms. The van der Waals surface area contributed by atoms with Gasteiger partial charge in [0.25, 0.3) is 0 Å². The smallest absolute Gasteiger partial charge is 0.220 e. The van der Waals surface area contributed by atoms with E-state index in [9.17, 15) is 19.8 Å². The molecule has 1 rings (SSSR count). The Kier molecular flexibility index (Phi) is 4.37. The van der Waals surface area contributed by atoms with Crippen LogP contribution in [0.25, 0.3) is 0 Å². The Morgan fingerprint density at radius 1 is 1.47 bits per heavy atom. The van der Waals surface area contributed by atoms with Crippen LogP contribution in [0.15, 0.2) is 18.2 Å². The van der Waals surface area contributed by atoms with Crippen molar-refractivity contribution in [2.75, 3.05) is 0 Å². The molecule has 92 valence electrons. The van der Waals surface area contributed by atoms with E-state index in [0.29, 0.717) is 17.4 Å². The average Bonchev–Trinajstić information content (AvgIpc) is 2.28. The summed E-state index contributed by atoms with van der Waals surface area (Å²) >= 11 is 0. The number of amides is 1. The minimum absolute atomic E-state index is 0.327. The lowest BCUT2D eigenvalue weighted by Gasteiger charge is -2.19. The van der Waals surface area contributed by atoms with Gasteiger partial charge in [0, 0.05) is 5.56 Å². The van der Waals surface area contributed by atoms with Gasteiger partial charge in [0.2, 0.25) is 5.91 Å². The third kappa shape index (κ3) is 3.37. The molecule has 0 fully saturated rings. The molecule has 0 aliphatic rings. The fourth-order valence-corrected chi connectivity index (χ4v) is 1.58. The zero-order valence-electron chi connectivity index (χ0n) is 9.46. The van der Waals surface area contributed by atoms with Crippen LogP contribution in [0.1, 0.15) is 34.0 Å². The molecule has 0 saturated heterocycles. The molecule has 0 bridgehead atoms. The fraction of sp³-hybridized carbons (Fsp3) is 0.333. The molecule has 4 N–H and O–H groups in total. The predicted octanol–water partition coefficient (Wildman–Crippen LogP) is 0.0772. The molecule has 5 nitrogen and oxygen atoms in total. The molecule has 0 aliphatic carbocycles. The second kappa shape index (κ2) is 5.56. The highest BCUT2D eigenvalue weighted by Crippen LogP contribution is 2.23. The van der Waals surface area contributed by atoms with Crippen molar-refractivity contribution in [2.24, 2.45) is 5.73 Å². The van der Waals surface area contributed by atoms with E-state index in [1.54, 1.807) is 19.1 Å². The van der Waals surface area contributed by atoms with Crippen LogP contribution >= 0.6 is 0 Å². The molecule has 0 radical (unpaired) electrons. The Morgan fingerprint density at radius 3 is 2.65 bits per heavy atom. The summed E-state index contributed by atoms with van der Waals surface area (Å²) in [6.45, 7) is 1.74. The lowest BCUT2D eigenvalue weighted by Crippen LogP contribution is -2.26. The first-order valence-electron chi connectivity index (χ1n) is 5.16. The third-order valence-corrected chi connectivity index (χ3v) is 2.53. The molecule has 5 heteroatoms. The fourth-order valence-electron chi connectivity index (χ4n) is 1.58. The van der Waals surface area contributed by atoms with Crippen LogP contribution in [0.3, 0.4) is 0 Å². The summed E-state index contributed by atoms with van der Waals surface area (Å²) < 4.78 is 0. The monoisotopic (exact) mass is 237 g/mol. The minimum Gasteiger partial charge on any atom is -0.390 e. The SMILES string of the molecule is Cc1ccc(C=O)cc1C(O)C(O)CC(N)=O. The summed E-state index contributed by atoms with van der Waals surface area (Å²) in [5.41, 5.74) is 6.48. The van der Waals surface area contributed by atoms with Crippen molar-refractivity contribution in [3.05, 3.63) is 34.9 Å². The molecular formula is C12H15NO4. The first kappa shape index (κ1) is 13.3. The highest BCUT2D eigenvalue weighted by molar-refractivity contribution is 5.76. The highest BCUT2D eigenvalue weighted by atomic mass is 16.3. The number of carbonyl (C=O) groups is 2. The van der Waals surface area contributed by atoms with Gasteiger partial charge in [-0.3, -0.25) is 9.59 Å². The number of hydrogen-bond acceptors (Lipinski definition) is 4. The van der Waals surface area contributed by atoms with E-state index in [0.717, 1.165) is 5.56 Å². The number of rotatable bonds is 5. The minimum atomic E-state index is -1.27. The summed E-state index contributed by atoms with van der Waals surface area (Å²) in [6, 6.07) is 4.76. The Labute approximate surface area is 98.9 Å². The number of aliphatic hydroxyl groups is 2. The van der Waals surface area contributed by atoms with E-state index in [2.05, 4.69) is 0 Å². The molecule has 0 spiro atoms. The second-order valence-electron chi connectivity index (χ2n) is 3.92. The van der Waals surface area contributed by atoms with Crippen LogP contribution in [0.5, 0.6) is 0 Å². The molecule has 1 aromatic carbocycles. The van der Waals surface area contributed by atoms with Crippen LogP contribution in [-0.4, -0.2) is 28.5 Å². The standard InChI is InChI=1S/C12H15NO4/c1-7-2-3-8(6-14)4-9(7)12(17)10(15)5-11(13)16/h2-4,6,10,12,15,17H,5H2,1H3,(H2,13,16). The van der Waals surface area contributed by atoms with E-state index in [4.69, 9.17) is 5.73 Å². The van der Waals surface area contributed by atoms with Crippen molar-refractivity contribution >= 4 is 12.2 Å². The molecule has 0 aromatic heterocycles. The van der Waals surface area contributed by atoms with Gasteiger partial charge in [-0.2, -0.15) is 0 Å². The molecule has 2 atom stereocenters. The summed E-state index contributed by atoms with van der Waals surface area (Å²) in [5, 5.41) is 19.5. The van der Waals surface area contributed by atoms with E-state index < -0.39 is 18.1 Å². The maximum Gasteiger partial charge on any atom is 0.220 e. The second-order valence-corrected chi connectivity index (χ2v) is 3.92. The Bertz CT molecular complexity index is 431. The number of benzene rings is 1. The quantitative estimate of drug-likeness (QED) is 0.631. The van der Waals surface area contributed by atoms with Crippen LogP contribution in [-0.2, 0) is 4.79 Å². The van der Waals surface area contributed by atoms with Gasteiger partial charge in [-0.15, -0.1) is 0 Å². The first-order chi connectivity index (χ1) is 7.95. The van der Waals surface area contributed by atoms with Gasteiger partial charge in [-0.05, 0) is 24.1 Å². The zero-order valence-corrected chi connectivity index (χ0v) is 9.46. The lowest BCUT2D eigenvalue weighted by atomic mass is 9.96. The molecular weight excluding hydrogens is 222 g/mol. The lowest BCUT2D eigenvalue weighted by molar-refractivity contribution is -0.121. The predicted molar refractivity (Wildman–Crippen MR) is 61.3 cm³/mol. The van der Waals surface area contributed by atoms with Crippen LogP contribution in [0.2, 0.25) is 0 Å². The van der Waals surface area contributed by atoms with Crippen molar-refractivity contribution in [3.63, 3.8) is 0 Å². The highest BCUT2D eigenvalue weighted by Gasteiger charge is 2.22. The summed E-state index contributed by atoms with van der Waals surface area (Å²) in [7, 11) is 0. The third-order valence-electron chi connectivity index (χ3n) is 2.53. The molecule has 0 saturated carbocycles. The Hall–Kier alpha value is -1.72. The normalized spacial score (nSPS) is 14.1. The Morgan fingerprint density at radius 2 is 2.12 bits per heavy atom. The molecule has 2 unspecified atom stereocenters. The van der Waals surface area contributed by atoms with E-state index in [-0.39, 0.29) is 6.42 Å². The average molecular weight is 237 g/mol. The van der Waals surface area contributed by atoms with Crippen molar-refractivity contribution in [1.82, 2.24) is 0 Å². The van der Waals surface area contributed by atoms with Crippen LogP contribution in [0.4, 0.5) is 0 Å². The number of aldehydes is 1. The number of carbonyl (C=O) groups excluding carboxylic acids is 2. The van der Waals surface area contributed by atoms with Gasteiger partial charge in [0.15, 0.2) is 0 Å². The van der Waals surface area contributed by atoms with Crippen LogP contribution < -0.4 is 5.73 Å². The number of aryl methyl sites for hydroxylation is 1. The Balaban J connectivity index is 2.97. The first-order valence-corrected chi connectivity index (χ1v) is 5.16.